The van der Waals surface area contributed by atoms with Crippen molar-refractivity contribution in [2.24, 2.45) is 0 Å². The van der Waals surface area contributed by atoms with E-state index in [0.29, 0.717) is 11.4 Å². The number of hydrogen-bond acceptors (Lipinski definition) is 4. The molecule has 1 aromatic rings. The average Bonchev–Trinajstić information content (AvgIpc) is 2.19. The van der Waals surface area contributed by atoms with Gasteiger partial charge in [-0.1, -0.05) is 6.07 Å². The number of anilines is 1. The second-order valence-electron chi connectivity index (χ2n) is 2.90. The molecule has 0 radical (unpaired) electrons. The normalized spacial score (nSPS) is 8.47. The number of benzene rings is 1. The lowest BCUT2D eigenvalue weighted by Crippen LogP contribution is -1.98. The third kappa shape index (κ3) is 2.75. The van der Waals surface area contributed by atoms with Crippen LogP contribution in [0.3, 0.4) is 0 Å². The van der Waals surface area contributed by atoms with Crippen LogP contribution in [0, 0.1) is 22.7 Å². The van der Waals surface area contributed by atoms with E-state index >= 15 is 0 Å². The zero-order valence-corrected chi connectivity index (χ0v) is 8.15. The molecule has 1 rings (SSSR count). The molecule has 0 fully saturated rings. The van der Waals surface area contributed by atoms with Crippen molar-refractivity contribution in [1.82, 2.24) is 0 Å². The van der Waals surface area contributed by atoms with Gasteiger partial charge < -0.3 is 10.4 Å². The molecule has 0 aliphatic carbocycles. The lowest BCUT2D eigenvalue weighted by molar-refractivity contribution is 0.475. The van der Waals surface area contributed by atoms with E-state index in [2.05, 4.69) is 5.32 Å². The van der Waals surface area contributed by atoms with Crippen molar-refractivity contribution in [2.45, 2.75) is 6.92 Å². The molecule has 0 heterocycles. The Hall–Kier alpha value is -2.46. The van der Waals surface area contributed by atoms with E-state index in [1.54, 1.807) is 37.3 Å². The molecule has 0 atom stereocenters. The van der Waals surface area contributed by atoms with Crippen LogP contribution in [-0.4, -0.2) is 5.11 Å². The molecule has 0 spiro atoms. The maximum atomic E-state index is 9.19. The quantitative estimate of drug-likeness (QED) is 0.715. The maximum absolute atomic E-state index is 9.19. The van der Waals surface area contributed by atoms with E-state index in [9.17, 15) is 5.11 Å². The summed E-state index contributed by atoms with van der Waals surface area (Å²) in [5.41, 5.74) is 1.12. The zero-order valence-electron chi connectivity index (χ0n) is 8.15. The number of phenolic OH excluding ortho intramolecular Hbond substituents is 1. The predicted molar refractivity (Wildman–Crippen MR) is 55.7 cm³/mol. The number of hydrogen-bond donors (Lipinski definition) is 2. The molecule has 0 aliphatic rings. The van der Waals surface area contributed by atoms with Crippen LogP contribution in [0.2, 0.25) is 0 Å². The summed E-state index contributed by atoms with van der Waals surface area (Å²) in [6, 6.07) is 10.0. The second kappa shape index (κ2) is 4.69. The molecule has 15 heavy (non-hydrogen) atoms. The molecule has 1 aromatic carbocycles. The van der Waals surface area contributed by atoms with Gasteiger partial charge in [0.05, 0.1) is 0 Å². The van der Waals surface area contributed by atoms with E-state index in [1.165, 1.54) is 6.07 Å². The Morgan fingerprint density at radius 1 is 1.33 bits per heavy atom. The topological polar surface area (TPSA) is 79.8 Å². The first-order valence-electron chi connectivity index (χ1n) is 4.24. The molecule has 0 unspecified atom stereocenters. The van der Waals surface area contributed by atoms with Gasteiger partial charge in [0.1, 0.15) is 23.5 Å². The third-order valence-corrected chi connectivity index (χ3v) is 1.78. The first kappa shape index (κ1) is 10.6. The number of nitrogens with one attached hydrogen (secondary N) is 1. The Labute approximate surface area is 87.7 Å². The Morgan fingerprint density at radius 3 is 2.53 bits per heavy atom. The van der Waals surface area contributed by atoms with Crippen LogP contribution in [0.4, 0.5) is 5.69 Å². The fourth-order valence-electron chi connectivity index (χ4n) is 1.06. The van der Waals surface area contributed by atoms with Gasteiger partial charge >= 0.3 is 0 Å². The van der Waals surface area contributed by atoms with Crippen molar-refractivity contribution >= 4 is 5.69 Å². The molecule has 0 aromatic heterocycles. The Kier molecular flexibility index (Phi) is 3.32. The fourth-order valence-corrected chi connectivity index (χ4v) is 1.06. The number of aromatic hydroxyl groups is 1. The zero-order chi connectivity index (χ0) is 11.3. The molecule has 0 aliphatic heterocycles. The molecule has 74 valence electrons. The Morgan fingerprint density at radius 2 is 2.00 bits per heavy atom. The smallest absolute Gasteiger partial charge is 0.148 e. The highest BCUT2D eigenvalue weighted by Crippen LogP contribution is 2.17. The molecule has 2 N–H and O–H groups in total. The predicted octanol–water partition coefficient (Wildman–Crippen LogP) is 2.13. The van der Waals surface area contributed by atoms with Gasteiger partial charge in [-0.2, -0.15) is 10.5 Å². The standard InChI is InChI=1S/C11H9N3O/c1-8(9(6-12)7-13)14-10-3-2-4-11(15)5-10/h2-5,14-15H,1H3. The van der Waals surface area contributed by atoms with Crippen molar-refractivity contribution in [3.63, 3.8) is 0 Å². The van der Waals surface area contributed by atoms with Crippen molar-refractivity contribution in [3.05, 3.63) is 35.5 Å². The lowest BCUT2D eigenvalue weighted by Gasteiger charge is -2.06. The molecule has 0 amide bonds. The minimum atomic E-state index is 0.0262. The van der Waals surface area contributed by atoms with Gasteiger partial charge in [-0.15, -0.1) is 0 Å². The summed E-state index contributed by atoms with van der Waals surface area (Å²) in [4.78, 5) is 0. The SMILES string of the molecule is CC(Nc1cccc(O)c1)=C(C#N)C#N. The van der Waals surface area contributed by atoms with Crippen LogP contribution in [0.5, 0.6) is 5.75 Å². The molecule has 4 heteroatoms. The lowest BCUT2D eigenvalue weighted by atomic mass is 10.2. The van der Waals surface area contributed by atoms with Crippen LogP contribution >= 0.6 is 0 Å². The summed E-state index contributed by atoms with van der Waals surface area (Å²) in [5.74, 6) is 0.128. The van der Waals surface area contributed by atoms with Crippen molar-refractivity contribution in [1.29, 1.82) is 10.5 Å². The van der Waals surface area contributed by atoms with E-state index in [4.69, 9.17) is 10.5 Å². The van der Waals surface area contributed by atoms with Gasteiger partial charge in [0, 0.05) is 17.5 Å². The number of phenols is 1. The number of nitriles is 2. The number of nitrogens with zero attached hydrogens (tertiary/aromatic N) is 2. The van der Waals surface area contributed by atoms with Crippen molar-refractivity contribution in [2.75, 3.05) is 5.32 Å². The molecular formula is C11H9N3O. The summed E-state index contributed by atoms with van der Waals surface area (Å²) in [5, 5.41) is 29.3. The highest BCUT2D eigenvalue weighted by atomic mass is 16.3. The van der Waals surface area contributed by atoms with Crippen LogP contribution in [-0.2, 0) is 0 Å². The summed E-state index contributed by atoms with van der Waals surface area (Å²) in [7, 11) is 0. The van der Waals surface area contributed by atoms with Gasteiger partial charge in [0.15, 0.2) is 0 Å². The highest BCUT2D eigenvalue weighted by molar-refractivity contribution is 5.55. The average molecular weight is 199 g/mol. The molecular weight excluding hydrogens is 190 g/mol. The first-order valence-corrected chi connectivity index (χ1v) is 4.24. The maximum Gasteiger partial charge on any atom is 0.148 e. The van der Waals surface area contributed by atoms with E-state index in [-0.39, 0.29) is 11.3 Å². The number of allylic oxidation sites excluding steroid dienone is 2. The van der Waals surface area contributed by atoms with Crippen molar-refractivity contribution < 1.29 is 5.11 Å². The van der Waals surface area contributed by atoms with Crippen molar-refractivity contribution in [3.8, 4) is 17.9 Å². The fraction of sp³-hybridized carbons (Fsp3) is 0.0909. The van der Waals surface area contributed by atoms with Gasteiger partial charge in [-0.05, 0) is 19.1 Å². The van der Waals surface area contributed by atoms with Gasteiger partial charge in [0.25, 0.3) is 0 Å². The molecule has 4 nitrogen and oxygen atoms in total. The highest BCUT2D eigenvalue weighted by Gasteiger charge is 2.01. The Balaban J connectivity index is 2.94. The van der Waals surface area contributed by atoms with Crippen LogP contribution in [0.1, 0.15) is 6.92 Å². The third-order valence-electron chi connectivity index (χ3n) is 1.78. The van der Waals surface area contributed by atoms with Gasteiger partial charge in [-0.3, -0.25) is 0 Å². The van der Waals surface area contributed by atoms with Crippen LogP contribution in [0.25, 0.3) is 0 Å². The van der Waals surface area contributed by atoms with Crippen LogP contribution < -0.4 is 5.32 Å². The molecule has 0 saturated carbocycles. The van der Waals surface area contributed by atoms with Gasteiger partial charge in [0.2, 0.25) is 0 Å². The summed E-state index contributed by atoms with van der Waals surface area (Å²) >= 11 is 0. The Bertz CT molecular complexity index is 461. The van der Waals surface area contributed by atoms with Crippen LogP contribution in [0.15, 0.2) is 35.5 Å². The van der Waals surface area contributed by atoms with E-state index in [1.807, 2.05) is 0 Å². The largest absolute Gasteiger partial charge is 0.508 e. The number of rotatable bonds is 2. The summed E-state index contributed by atoms with van der Waals surface area (Å²) in [6.45, 7) is 1.63. The molecule has 0 saturated heterocycles. The minimum Gasteiger partial charge on any atom is -0.508 e. The molecule has 0 bridgehead atoms. The first-order chi connectivity index (χ1) is 7.17. The summed E-state index contributed by atoms with van der Waals surface area (Å²) < 4.78 is 0. The minimum absolute atomic E-state index is 0.0262. The van der Waals surface area contributed by atoms with Gasteiger partial charge in [-0.25, -0.2) is 0 Å². The monoisotopic (exact) mass is 199 g/mol. The van der Waals surface area contributed by atoms with E-state index in [0.717, 1.165) is 0 Å². The summed E-state index contributed by atoms with van der Waals surface area (Å²) in [6.07, 6.45) is 0. The van der Waals surface area contributed by atoms with E-state index < -0.39 is 0 Å². The second-order valence-corrected chi connectivity index (χ2v) is 2.90.